The van der Waals surface area contributed by atoms with Gasteiger partial charge in [-0.3, -0.25) is 0 Å². The van der Waals surface area contributed by atoms with Crippen molar-refractivity contribution in [2.24, 2.45) is 0 Å². The molecule has 13 heavy (non-hydrogen) atoms. The molecule has 2 atom stereocenters. The summed E-state index contributed by atoms with van der Waals surface area (Å²) < 4.78 is 4.98. The number of nitrogens with one attached hydrogen (secondary N) is 1. The normalized spacial score (nSPS) is 28.2. The summed E-state index contributed by atoms with van der Waals surface area (Å²) in [5.74, 6) is 1.98. The summed E-state index contributed by atoms with van der Waals surface area (Å²) in [5.41, 5.74) is 0. The van der Waals surface area contributed by atoms with Crippen LogP contribution in [0.5, 0.6) is 0 Å². The van der Waals surface area contributed by atoms with Gasteiger partial charge in [-0.25, -0.2) is 0 Å². The average molecular weight is 181 g/mol. The largest absolute Gasteiger partial charge is 0.340 e. The minimum atomic E-state index is 0.447. The van der Waals surface area contributed by atoms with Crippen molar-refractivity contribution in [1.29, 1.82) is 0 Å². The lowest BCUT2D eigenvalue weighted by Gasteiger charge is -2.14. The van der Waals surface area contributed by atoms with Gasteiger partial charge in [0, 0.05) is 18.9 Å². The maximum absolute atomic E-state index is 4.98. The standard InChI is InChI=1S/C9H15N3O/c1-6-11-9(12-13-6)7-4-3-5-8(7)10-2/h7-8,10H,3-5H2,1-2H3/t7-,8-/m1/s1. The van der Waals surface area contributed by atoms with E-state index in [1.165, 1.54) is 19.3 Å². The molecule has 0 saturated heterocycles. The number of aromatic nitrogens is 2. The second-order valence-corrected chi connectivity index (χ2v) is 3.60. The lowest BCUT2D eigenvalue weighted by Crippen LogP contribution is -2.28. The molecule has 0 aromatic carbocycles. The predicted octanol–water partition coefficient (Wildman–Crippen LogP) is 1.23. The van der Waals surface area contributed by atoms with Gasteiger partial charge < -0.3 is 9.84 Å². The molecule has 1 aromatic rings. The van der Waals surface area contributed by atoms with Gasteiger partial charge in [-0.05, 0) is 19.9 Å². The van der Waals surface area contributed by atoms with Gasteiger partial charge in [-0.15, -0.1) is 0 Å². The number of nitrogens with zero attached hydrogens (tertiary/aromatic N) is 2. The zero-order valence-electron chi connectivity index (χ0n) is 8.08. The van der Waals surface area contributed by atoms with Crippen molar-refractivity contribution in [3.8, 4) is 0 Å². The second-order valence-electron chi connectivity index (χ2n) is 3.60. The smallest absolute Gasteiger partial charge is 0.223 e. The van der Waals surface area contributed by atoms with E-state index in [1.807, 2.05) is 14.0 Å². The van der Waals surface area contributed by atoms with Gasteiger partial charge in [0.1, 0.15) is 0 Å². The third-order valence-corrected chi connectivity index (χ3v) is 2.76. The SMILES string of the molecule is CN[C@@H]1CCC[C@H]1c1noc(C)n1. The van der Waals surface area contributed by atoms with Crippen molar-refractivity contribution in [3.63, 3.8) is 0 Å². The van der Waals surface area contributed by atoms with E-state index in [0.29, 0.717) is 17.9 Å². The van der Waals surface area contributed by atoms with Crippen LogP contribution in [-0.2, 0) is 0 Å². The van der Waals surface area contributed by atoms with E-state index < -0.39 is 0 Å². The average Bonchev–Trinajstić information content (AvgIpc) is 2.71. The number of hydrogen-bond acceptors (Lipinski definition) is 4. The molecule has 1 aromatic heterocycles. The van der Waals surface area contributed by atoms with Gasteiger partial charge in [0.25, 0.3) is 0 Å². The van der Waals surface area contributed by atoms with Gasteiger partial charge in [0.15, 0.2) is 5.82 Å². The number of aryl methyl sites for hydroxylation is 1. The Morgan fingerprint density at radius 3 is 2.92 bits per heavy atom. The van der Waals surface area contributed by atoms with Crippen molar-refractivity contribution in [3.05, 3.63) is 11.7 Å². The maximum Gasteiger partial charge on any atom is 0.223 e. The van der Waals surface area contributed by atoms with E-state index in [9.17, 15) is 0 Å². The monoisotopic (exact) mass is 181 g/mol. The predicted molar refractivity (Wildman–Crippen MR) is 48.5 cm³/mol. The van der Waals surface area contributed by atoms with E-state index >= 15 is 0 Å². The van der Waals surface area contributed by atoms with E-state index in [0.717, 1.165) is 5.82 Å². The van der Waals surface area contributed by atoms with Gasteiger partial charge in [-0.1, -0.05) is 11.6 Å². The molecule has 2 rings (SSSR count). The first-order valence-electron chi connectivity index (χ1n) is 4.78. The summed E-state index contributed by atoms with van der Waals surface area (Å²) in [6.07, 6.45) is 3.64. The fraction of sp³-hybridized carbons (Fsp3) is 0.778. The molecule has 4 nitrogen and oxygen atoms in total. The molecule has 1 saturated carbocycles. The van der Waals surface area contributed by atoms with Crippen LogP contribution in [0.15, 0.2) is 4.52 Å². The highest BCUT2D eigenvalue weighted by atomic mass is 16.5. The maximum atomic E-state index is 4.98. The molecule has 0 radical (unpaired) electrons. The highest BCUT2D eigenvalue weighted by Gasteiger charge is 2.30. The van der Waals surface area contributed by atoms with Crippen molar-refractivity contribution in [2.45, 2.75) is 38.1 Å². The first kappa shape index (κ1) is 8.69. The van der Waals surface area contributed by atoms with Crippen molar-refractivity contribution >= 4 is 0 Å². The minimum Gasteiger partial charge on any atom is -0.340 e. The molecule has 0 amide bonds. The van der Waals surface area contributed by atoms with E-state index in [2.05, 4.69) is 15.5 Å². The summed E-state index contributed by atoms with van der Waals surface area (Å²) >= 11 is 0. The highest BCUT2D eigenvalue weighted by molar-refractivity contribution is 5.03. The first-order valence-corrected chi connectivity index (χ1v) is 4.78. The van der Waals surface area contributed by atoms with Crippen LogP contribution in [0, 0.1) is 6.92 Å². The third kappa shape index (κ3) is 1.58. The van der Waals surface area contributed by atoms with Crippen LogP contribution in [0.25, 0.3) is 0 Å². The van der Waals surface area contributed by atoms with Gasteiger partial charge in [0.05, 0.1) is 0 Å². The molecule has 1 aliphatic rings. The Balaban J connectivity index is 2.15. The molecule has 0 aliphatic heterocycles. The van der Waals surface area contributed by atoms with E-state index in [4.69, 9.17) is 4.52 Å². The summed E-state index contributed by atoms with van der Waals surface area (Å²) in [4.78, 5) is 4.27. The fourth-order valence-corrected chi connectivity index (χ4v) is 2.08. The molecule has 4 heteroatoms. The van der Waals surface area contributed by atoms with Gasteiger partial charge in [0.2, 0.25) is 5.89 Å². The number of hydrogen-bond donors (Lipinski definition) is 1. The molecule has 1 N–H and O–H groups in total. The molecule has 1 fully saturated rings. The topological polar surface area (TPSA) is 51.0 Å². The highest BCUT2D eigenvalue weighted by Crippen LogP contribution is 2.32. The Hall–Kier alpha value is -0.900. The quantitative estimate of drug-likeness (QED) is 0.745. The van der Waals surface area contributed by atoms with Crippen LogP contribution in [-0.4, -0.2) is 23.2 Å². The second kappa shape index (κ2) is 3.46. The van der Waals surface area contributed by atoms with Crippen molar-refractivity contribution in [1.82, 2.24) is 15.5 Å². The van der Waals surface area contributed by atoms with Gasteiger partial charge >= 0.3 is 0 Å². The van der Waals surface area contributed by atoms with Crippen LogP contribution in [0.4, 0.5) is 0 Å². The Labute approximate surface area is 77.7 Å². The van der Waals surface area contributed by atoms with Gasteiger partial charge in [-0.2, -0.15) is 4.98 Å². The van der Waals surface area contributed by atoms with Crippen LogP contribution in [0.3, 0.4) is 0 Å². The Kier molecular flexibility index (Phi) is 2.31. The molecule has 0 spiro atoms. The molecular formula is C9H15N3O. The zero-order chi connectivity index (χ0) is 9.26. The Bertz CT molecular complexity index is 284. The van der Waals surface area contributed by atoms with Crippen LogP contribution in [0.2, 0.25) is 0 Å². The van der Waals surface area contributed by atoms with Crippen LogP contribution in [0.1, 0.15) is 36.9 Å². The molecule has 1 aliphatic carbocycles. The van der Waals surface area contributed by atoms with Crippen molar-refractivity contribution < 1.29 is 4.52 Å². The number of rotatable bonds is 2. The number of likely N-dealkylation sites (N-methyl/N-ethyl adjacent to an activating group) is 1. The summed E-state index contributed by atoms with van der Waals surface area (Å²) in [5, 5.41) is 7.27. The minimum absolute atomic E-state index is 0.447. The zero-order valence-corrected chi connectivity index (χ0v) is 8.08. The van der Waals surface area contributed by atoms with E-state index in [-0.39, 0.29) is 0 Å². The third-order valence-electron chi connectivity index (χ3n) is 2.76. The fourth-order valence-electron chi connectivity index (χ4n) is 2.08. The molecular weight excluding hydrogens is 166 g/mol. The van der Waals surface area contributed by atoms with Crippen LogP contribution < -0.4 is 5.32 Å². The van der Waals surface area contributed by atoms with Crippen molar-refractivity contribution in [2.75, 3.05) is 7.05 Å². The lowest BCUT2D eigenvalue weighted by atomic mass is 10.0. The molecule has 1 heterocycles. The Morgan fingerprint density at radius 2 is 2.31 bits per heavy atom. The van der Waals surface area contributed by atoms with E-state index in [1.54, 1.807) is 0 Å². The first-order chi connectivity index (χ1) is 6.31. The molecule has 0 unspecified atom stereocenters. The summed E-state index contributed by atoms with van der Waals surface area (Å²) in [7, 11) is 2.00. The summed E-state index contributed by atoms with van der Waals surface area (Å²) in [6.45, 7) is 1.83. The Morgan fingerprint density at radius 1 is 1.46 bits per heavy atom. The molecule has 0 bridgehead atoms. The lowest BCUT2D eigenvalue weighted by molar-refractivity contribution is 0.378. The molecule has 72 valence electrons. The summed E-state index contributed by atoms with van der Waals surface area (Å²) in [6, 6.07) is 0.525. The van der Waals surface area contributed by atoms with Crippen LogP contribution >= 0.6 is 0 Å².